The number of carboxylic acids is 1. The summed E-state index contributed by atoms with van der Waals surface area (Å²) in [6.45, 7) is 4.47. The first-order valence-electron chi connectivity index (χ1n) is 6.70. The predicted molar refractivity (Wildman–Crippen MR) is 74.9 cm³/mol. The van der Waals surface area contributed by atoms with Crippen LogP contribution in [0.2, 0.25) is 0 Å². The molecule has 0 bridgehead atoms. The second-order valence-electron chi connectivity index (χ2n) is 4.80. The summed E-state index contributed by atoms with van der Waals surface area (Å²) in [5, 5.41) is 11.4. The maximum absolute atomic E-state index is 11.8. The number of likely N-dealkylation sites (N-methyl/N-ethyl adjacent to an activating group) is 1. The van der Waals surface area contributed by atoms with Gasteiger partial charge in [0.05, 0.1) is 19.8 Å². The number of hydrogen-bond acceptors (Lipinski definition) is 5. The molecule has 0 saturated carbocycles. The van der Waals surface area contributed by atoms with Crippen LogP contribution in [0.5, 0.6) is 0 Å². The summed E-state index contributed by atoms with van der Waals surface area (Å²) in [4.78, 5) is 35.2. The largest absolute Gasteiger partial charge is 0.480 e. The van der Waals surface area contributed by atoms with Gasteiger partial charge < -0.3 is 24.8 Å². The lowest BCUT2D eigenvalue weighted by atomic mass is 10.1. The van der Waals surface area contributed by atoms with E-state index in [4.69, 9.17) is 9.84 Å². The van der Waals surface area contributed by atoms with Crippen molar-refractivity contribution in [3.63, 3.8) is 0 Å². The Kier molecular flexibility index (Phi) is 9.11. The Hall–Kier alpha value is -1.83. The zero-order valence-corrected chi connectivity index (χ0v) is 12.9. The zero-order chi connectivity index (χ0) is 16.4. The van der Waals surface area contributed by atoms with Crippen LogP contribution < -0.4 is 5.32 Å². The fourth-order valence-electron chi connectivity index (χ4n) is 1.41. The highest BCUT2D eigenvalue weighted by atomic mass is 16.5. The summed E-state index contributed by atoms with van der Waals surface area (Å²) in [6.07, 6.45) is -0.0360. The van der Waals surface area contributed by atoms with Gasteiger partial charge in [0, 0.05) is 20.0 Å². The molecule has 1 atom stereocenters. The number of hydrogen-bond donors (Lipinski definition) is 2. The number of amides is 2. The van der Waals surface area contributed by atoms with Gasteiger partial charge in [-0.15, -0.1) is 0 Å². The number of carbonyl (C=O) groups is 3. The Balaban J connectivity index is 4.26. The minimum absolute atomic E-state index is 0.0237. The Morgan fingerprint density at radius 1 is 1.29 bits per heavy atom. The van der Waals surface area contributed by atoms with E-state index in [2.05, 4.69) is 10.1 Å². The van der Waals surface area contributed by atoms with E-state index in [1.807, 2.05) is 13.8 Å². The number of aliphatic carboxylic acids is 1. The zero-order valence-electron chi connectivity index (χ0n) is 12.9. The number of ether oxygens (including phenoxy) is 2. The standard InChI is InChI=1S/C13H24N2O6/c1-9(2)21-8-7-15(3)13(19)14-10(12(17)18)5-6-11(16)20-4/h9-10H,5-8H2,1-4H3,(H,14,19)(H,17,18)/t10-/m1/s1. The average molecular weight is 304 g/mol. The molecule has 0 aromatic heterocycles. The maximum atomic E-state index is 11.8. The van der Waals surface area contributed by atoms with Gasteiger partial charge in [-0.1, -0.05) is 0 Å². The molecule has 0 unspecified atom stereocenters. The second-order valence-corrected chi connectivity index (χ2v) is 4.80. The Morgan fingerprint density at radius 2 is 1.90 bits per heavy atom. The van der Waals surface area contributed by atoms with Crippen molar-refractivity contribution in [2.24, 2.45) is 0 Å². The van der Waals surface area contributed by atoms with Crippen molar-refractivity contribution in [2.75, 3.05) is 27.3 Å². The van der Waals surface area contributed by atoms with E-state index in [0.29, 0.717) is 13.2 Å². The number of esters is 1. The van der Waals surface area contributed by atoms with E-state index in [1.165, 1.54) is 19.1 Å². The highest BCUT2D eigenvalue weighted by Gasteiger charge is 2.22. The first-order chi connectivity index (χ1) is 9.77. The van der Waals surface area contributed by atoms with Gasteiger partial charge in [-0.05, 0) is 20.3 Å². The maximum Gasteiger partial charge on any atom is 0.326 e. The number of nitrogens with zero attached hydrogens (tertiary/aromatic N) is 1. The van der Waals surface area contributed by atoms with Gasteiger partial charge >= 0.3 is 18.0 Å². The molecule has 8 nitrogen and oxygen atoms in total. The smallest absolute Gasteiger partial charge is 0.326 e. The van der Waals surface area contributed by atoms with Crippen LogP contribution in [0.4, 0.5) is 4.79 Å². The predicted octanol–water partition coefficient (Wildman–Crippen LogP) is 0.459. The van der Waals surface area contributed by atoms with Gasteiger partial charge in [0.2, 0.25) is 0 Å². The molecule has 0 aliphatic carbocycles. The highest BCUT2D eigenvalue weighted by molar-refractivity contribution is 5.83. The topological polar surface area (TPSA) is 105 Å². The molecule has 2 N–H and O–H groups in total. The van der Waals surface area contributed by atoms with Crippen LogP contribution in [0.15, 0.2) is 0 Å². The molecule has 21 heavy (non-hydrogen) atoms. The molecule has 2 amide bonds. The van der Waals surface area contributed by atoms with Gasteiger partial charge in [0.1, 0.15) is 6.04 Å². The molecule has 0 aliphatic heterocycles. The molecule has 8 heteroatoms. The number of rotatable bonds is 9. The molecule has 0 radical (unpaired) electrons. The van der Waals surface area contributed by atoms with E-state index < -0.39 is 24.0 Å². The summed E-state index contributed by atoms with van der Waals surface area (Å²) in [7, 11) is 2.76. The molecule has 0 fully saturated rings. The molecule has 0 aliphatic rings. The molecule has 0 aromatic carbocycles. The van der Waals surface area contributed by atoms with Gasteiger partial charge in [-0.25, -0.2) is 9.59 Å². The van der Waals surface area contributed by atoms with E-state index >= 15 is 0 Å². The van der Waals surface area contributed by atoms with Crippen LogP contribution in [0, 0.1) is 0 Å². The van der Waals surface area contributed by atoms with Crippen molar-refractivity contribution < 1.29 is 29.0 Å². The summed E-state index contributed by atoms with van der Waals surface area (Å²) < 4.78 is 9.75. The first kappa shape index (κ1) is 19.2. The minimum atomic E-state index is -1.20. The lowest BCUT2D eigenvalue weighted by Crippen LogP contribution is -2.47. The lowest BCUT2D eigenvalue weighted by Gasteiger charge is -2.21. The van der Waals surface area contributed by atoms with Gasteiger partial charge in [0.25, 0.3) is 0 Å². The lowest BCUT2D eigenvalue weighted by molar-refractivity contribution is -0.142. The Labute approximate surface area is 124 Å². The molecular formula is C13H24N2O6. The summed E-state index contributed by atoms with van der Waals surface area (Å²) in [5.41, 5.74) is 0. The molecule has 0 saturated heterocycles. The van der Waals surface area contributed by atoms with Crippen molar-refractivity contribution in [1.29, 1.82) is 0 Å². The quantitative estimate of drug-likeness (QED) is 0.600. The van der Waals surface area contributed by atoms with Gasteiger partial charge in [0.15, 0.2) is 0 Å². The van der Waals surface area contributed by atoms with Crippen molar-refractivity contribution in [3.05, 3.63) is 0 Å². The average Bonchev–Trinajstić information content (AvgIpc) is 2.41. The summed E-state index contributed by atoms with van der Waals surface area (Å²) in [5.74, 6) is -1.71. The minimum Gasteiger partial charge on any atom is -0.480 e. The number of methoxy groups -OCH3 is 1. The van der Waals surface area contributed by atoms with Crippen molar-refractivity contribution in [2.45, 2.75) is 38.8 Å². The summed E-state index contributed by atoms with van der Waals surface area (Å²) in [6, 6.07) is -1.66. The van der Waals surface area contributed by atoms with Crippen LogP contribution in [-0.4, -0.2) is 67.4 Å². The van der Waals surface area contributed by atoms with E-state index in [0.717, 1.165) is 0 Å². The fraction of sp³-hybridized carbons (Fsp3) is 0.769. The number of urea groups is 1. The van der Waals surface area contributed by atoms with Crippen LogP contribution in [0.3, 0.4) is 0 Å². The first-order valence-corrected chi connectivity index (χ1v) is 6.70. The molecule has 0 aromatic rings. The van der Waals surface area contributed by atoms with Crippen LogP contribution in [0.1, 0.15) is 26.7 Å². The van der Waals surface area contributed by atoms with Crippen molar-refractivity contribution in [1.82, 2.24) is 10.2 Å². The number of carboxylic acid groups (broad SMARTS) is 1. The third-order valence-electron chi connectivity index (χ3n) is 2.69. The Morgan fingerprint density at radius 3 is 2.38 bits per heavy atom. The summed E-state index contributed by atoms with van der Waals surface area (Å²) >= 11 is 0. The van der Waals surface area contributed by atoms with Crippen molar-refractivity contribution >= 4 is 18.0 Å². The van der Waals surface area contributed by atoms with Crippen LogP contribution >= 0.6 is 0 Å². The van der Waals surface area contributed by atoms with E-state index in [1.54, 1.807) is 0 Å². The van der Waals surface area contributed by atoms with Gasteiger partial charge in [-0.3, -0.25) is 4.79 Å². The molecule has 0 rings (SSSR count). The monoisotopic (exact) mass is 304 g/mol. The van der Waals surface area contributed by atoms with E-state index in [9.17, 15) is 14.4 Å². The van der Waals surface area contributed by atoms with Crippen LogP contribution in [0.25, 0.3) is 0 Å². The fourth-order valence-corrected chi connectivity index (χ4v) is 1.41. The Bertz CT molecular complexity index is 359. The molecule has 0 spiro atoms. The number of carbonyl (C=O) groups excluding carboxylic acids is 2. The number of nitrogens with one attached hydrogen (secondary N) is 1. The van der Waals surface area contributed by atoms with E-state index in [-0.39, 0.29) is 18.9 Å². The van der Waals surface area contributed by atoms with Gasteiger partial charge in [-0.2, -0.15) is 0 Å². The molecule has 122 valence electrons. The highest BCUT2D eigenvalue weighted by Crippen LogP contribution is 2.01. The van der Waals surface area contributed by atoms with Crippen molar-refractivity contribution in [3.8, 4) is 0 Å². The SMILES string of the molecule is COC(=O)CC[C@@H](NC(=O)N(C)CCOC(C)C)C(=O)O. The third kappa shape index (κ3) is 8.85. The normalized spacial score (nSPS) is 11.9. The third-order valence-corrected chi connectivity index (χ3v) is 2.69. The molecule has 0 heterocycles. The molecular weight excluding hydrogens is 280 g/mol. The van der Waals surface area contributed by atoms with Crippen LogP contribution in [-0.2, 0) is 19.1 Å². The second kappa shape index (κ2) is 9.98.